The van der Waals surface area contributed by atoms with Gasteiger partial charge in [0, 0.05) is 48.8 Å². The van der Waals surface area contributed by atoms with Crippen LogP contribution in [0.3, 0.4) is 0 Å². The number of aromatic nitrogens is 4. The Morgan fingerprint density at radius 2 is 0.548 bits per heavy atom. The number of rotatable bonds is 4. The minimum absolute atomic E-state index is 0.105. The topological polar surface area (TPSA) is 43.5 Å². The predicted octanol–water partition coefficient (Wildman–Crippen LogP) is 21.7. The van der Waals surface area contributed by atoms with Crippen molar-refractivity contribution in [3.8, 4) is 28.8 Å². The summed E-state index contributed by atoms with van der Waals surface area (Å²) in [5.41, 5.74) is 19.6. The van der Waals surface area contributed by atoms with E-state index in [1.54, 1.807) is 0 Å². The van der Waals surface area contributed by atoms with Crippen molar-refractivity contribution >= 4 is 87.2 Å². The SMILES string of the molecule is CC(C)(C)c1ccc2c(c1)c1cc(C(C)(C)C)ccc1n2-c1c(C#N)c(-n2c3ccc(C(C)(C)C)cc3c3cc(C(C)(C)C)ccc32)c2c(c1-n1c3ccc(C(C)(C)C)cc3c3cc(C(C)(C)C)ccc31)c1ccccc1n2-c1ccccc1. The second-order valence-electron chi connectivity index (χ2n) is 30.3. The van der Waals surface area contributed by atoms with Gasteiger partial charge in [0.15, 0.2) is 0 Å². The number of nitriles is 1. The van der Waals surface area contributed by atoms with Crippen LogP contribution in [0.15, 0.2) is 164 Å². The number of benzene rings is 9. The van der Waals surface area contributed by atoms with Crippen LogP contribution in [0.5, 0.6) is 0 Å². The van der Waals surface area contributed by atoms with Crippen molar-refractivity contribution in [1.82, 2.24) is 18.3 Å². The summed E-state index contributed by atoms with van der Waals surface area (Å²) < 4.78 is 9.97. The van der Waals surface area contributed by atoms with E-state index < -0.39 is 0 Å². The van der Waals surface area contributed by atoms with E-state index in [4.69, 9.17) is 0 Å². The van der Waals surface area contributed by atoms with Gasteiger partial charge in [-0.15, -0.1) is 0 Å². The summed E-state index contributed by atoms with van der Waals surface area (Å²) in [6.45, 7) is 41.5. The summed E-state index contributed by atoms with van der Waals surface area (Å²) in [4.78, 5) is 0. The molecule has 0 saturated heterocycles. The van der Waals surface area contributed by atoms with Gasteiger partial charge in [-0.1, -0.05) is 197 Å². The minimum atomic E-state index is -0.115. The van der Waals surface area contributed by atoms with Crippen molar-refractivity contribution < 1.29 is 0 Å². The molecule has 5 heteroatoms. The van der Waals surface area contributed by atoms with E-state index in [9.17, 15) is 5.26 Å². The van der Waals surface area contributed by atoms with Gasteiger partial charge in [0.1, 0.15) is 11.6 Å². The van der Waals surface area contributed by atoms with Gasteiger partial charge in [-0.25, -0.2) is 0 Å². The Labute approximate surface area is 496 Å². The molecule has 0 saturated carbocycles. The third kappa shape index (κ3) is 8.44. The summed E-state index contributed by atoms with van der Waals surface area (Å²) in [7, 11) is 0. The van der Waals surface area contributed by atoms with Crippen LogP contribution in [0.4, 0.5) is 0 Å². The highest BCUT2D eigenvalue weighted by atomic mass is 15.1. The molecule has 0 radical (unpaired) electrons. The van der Waals surface area contributed by atoms with Crippen LogP contribution in [0.2, 0.25) is 0 Å². The van der Waals surface area contributed by atoms with E-state index in [0.29, 0.717) is 5.56 Å². The smallest absolute Gasteiger partial charge is 0.104 e. The van der Waals surface area contributed by atoms with Crippen LogP contribution in [-0.2, 0) is 32.5 Å². The zero-order chi connectivity index (χ0) is 59.7. The van der Waals surface area contributed by atoms with Crippen LogP contribution < -0.4 is 0 Å². The van der Waals surface area contributed by atoms with E-state index in [0.717, 1.165) is 77.7 Å². The molecular formula is C79H81N5. The van der Waals surface area contributed by atoms with Crippen molar-refractivity contribution in [3.05, 3.63) is 203 Å². The monoisotopic (exact) mass is 1100 g/mol. The highest BCUT2D eigenvalue weighted by Crippen LogP contribution is 2.52. The number of para-hydroxylation sites is 2. The first kappa shape index (κ1) is 54.9. The van der Waals surface area contributed by atoms with Crippen molar-refractivity contribution in [2.24, 2.45) is 0 Å². The fourth-order valence-electron chi connectivity index (χ4n) is 13.4. The number of fused-ring (bicyclic) bond motifs is 12. The fourth-order valence-corrected chi connectivity index (χ4v) is 13.4. The van der Waals surface area contributed by atoms with Gasteiger partial charge in [-0.05, 0) is 157 Å². The Morgan fingerprint density at radius 1 is 0.274 bits per heavy atom. The lowest BCUT2D eigenvalue weighted by molar-refractivity contribution is 0.590. The lowest BCUT2D eigenvalue weighted by Crippen LogP contribution is -2.13. The molecule has 0 atom stereocenters. The summed E-state index contributed by atoms with van der Waals surface area (Å²) in [6, 6.07) is 65.6. The molecule has 0 spiro atoms. The maximum absolute atomic E-state index is 13.1. The maximum atomic E-state index is 13.1. The first-order chi connectivity index (χ1) is 39.4. The molecule has 0 aliphatic heterocycles. The Balaban J connectivity index is 1.37. The molecule has 0 amide bonds. The van der Waals surface area contributed by atoms with E-state index in [-0.39, 0.29) is 32.5 Å². The summed E-state index contributed by atoms with van der Waals surface area (Å²) in [5, 5.41) is 22.3. The number of nitrogens with zero attached hydrogens (tertiary/aromatic N) is 5. The fraction of sp³-hybridized carbons (Fsp3) is 0.304. The molecule has 0 aliphatic rings. The van der Waals surface area contributed by atoms with Crippen LogP contribution >= 0.6 is 0 Å². The Kier molecular flexibility index (Phi) is 12.0. The molecule has 5 nitrogen and oxygen atoms in total. The van der Waals surface area contributed by atoms with Gasteiger partial charge < -0.3 is 18.3 Å². The van der Waals surface area contributed by atoms with Crippen molar-refractivity contribution in [2.75, 3.05) is 0 Å². The van der Waals surface area contributed by atoms with E-state index in [1.807, 2.05) is 0 Å². The highest BCUT2D eigenvalue weighted by molar-refractivity contribution is 6.23. The van der Waals surface area contributed by atoms with Crippen molar-refractivity contribution in [2.45, 2.75) is 157 Å². The summed E-state index contributed by atoms with van der Waals surface area (Å²) >= 11 is 0. The Morgan fingerprint density at radius 3 is 0.857 bits per heavy atom. The third-order valence-electron chi connectivity index (χ3n) is 18.3. The summed E-state index contributed by atoms with van der Waals surface area (Å²) in [5.74, 6) is 0. The average Bonchev–Trinajstić information content (AvgIpc) is 1.69. The zero-order valence-corrected chi connectivity index (χ0v) is 52.8. The van der Waals surface area contributed by atoms with Crippen LogP contribution in [0.25, 0.3) is 110 Å². The first-order valence-corrected chi connectivity index (χ1v) is 30.3. The molecule has 4 aromatic heterocycles. The number of hydrogen-bond donors (Lipinski definition) is 0. The first-order valence-electron chi connectivity index (χ1n) is 30.3. The Hall–Kier alpha value is -8.33. The molecule has 0 unspecified atom stereocenters. The van der Waals surface area contributed by atoms with E-state index >= 15 is 0 Å². The molecule has 0 fully saturated rings. The highest BCUT2D eigenvalue weighted by Gasteiger charge is 2.35. The van der Waals surface area contributed by atoms with Crippen LogP contribution in [-0.4, -0.2) is 18.3 Å². The third-order valence-corrected chi connectivity index (χ3v) is 18.3. The quantitative estimate of drug-likeness (QED) is 0.173. The Bertz CT molecular complexity index is 4720. The molecule has 0 N–H and O–H groups in total. The van der Waals surface area contributed by atoms with Gasteiger partial charge >= 0.3 is 0 Å². The lowest BCUT2D eigenvalue weighted by atomic mass is 9.85. The second kappa shape index (κ2) is 18.3. The molecule has 0 aliphatic carbocycles. The minimum Gasteiger partial charge on any atom is -0.307 e. The molecule has 9 aromatic carbocycles. The van der Waals surface area contributed by atoms with Crippen LogP contribution in [0.1, 0.15) is 164 Å². The predicted molar refractivity (Wildman–Crippen MR) is 361 cm³/mol. The van der Waals surface area contributed by atoms with Crippen molar-refractivity contribution in [1.29, 1.82) is 5.26 Å². The standard InChI is InChI=1S/C79H81N5/c1-74(2,3)47-28-34-63-55(40-47)56-41-48(75(4,5)6)29-35-64(56)82(63)70-61(46-80)71(83-65-36-30-49(76(7,8)9)42-57(65)58-43-50(77(10,11)12)31-37-66(58)83)73(69-54-26-22-23-27-62(54)81(72(69)70)53-24-20-19-21-25-53)84-67-38-32-51(78(13,14)15)44-59(67)60-45-52(79(16,17)18)33-39-68(60)84/h19-45H,1-18H3. The van der Waals surface area contributed by atoms with Gasteiger partial charge in [-0.2, -0.15) is 5.26 Å². The van der Waals surface area contributed by atoms with Gasteiger partial charge in [0.05, 0.1) is 61.2 Å². The maximum Gasteiger partial charge on any atom is 0.104 e. The molecule has 13 aromatic rings. The van der Waals surface area contributed by atoms with E-state index in [2.05, 4.69) is 313 Å². The molecule has 422 valence electrons. The molecule has 13 rings (SSSR count). The van der Waals surface area contributed by atoms with E-state index in [1.165, 1.54) is 65.7 Å². The van der Waals surface area contributed by atoms with Crippen molar-refractivity contribution in [3.63, 3.8) is 0 Å². The van der Waals surface area contributed by atoms with Crippen LogP contribution in [0, 0.1) is 11.3 Å². The molecule has 84 heavy (non-hydrogen) atoms. The largest absolute Gasteiger partial charge is 0.307 e. The molecule has 4 heterocycles. The number of hydrogen-bond acceptors (Lipinski definition) is 1. The lowest BCUT2D eigenvalue weighted by Gasteiger charge is -2.25. The zero-order valence-electron chi connectivity index (χ0n) is 52.8. The molecular weight excluding hydrogens is 1020 g/mol. The van der Waals surface area contributed by atoms with Gasteiger partial charge in [0.2, 0.25) is 0 Å². The average molecular weight is 1100 g/mol. The van der Waals surface area contributed by atoms with Gasteiger partial charge in [0.25, 0.3) is 0 Å². The second-order valence-corrected chi connectivity index (χ2v) is 30.3. The normalized spacial score (nSPS) is 13.3. The molecule has 0 bridgehead atoms. The van der Waals surface area contributed by atoms with Gasteiger partial charge in [-0.3, -0.25) is 0 Å². The summed E-state index contributed by atoms with van der Waals surface area (Å²) in [6.07, 6.45) is 0.